The normalized spacial score (nSPS) is 10.8. The Morgan fingerprint density at radius 3 is 2.50 bits per heavy atom. The minimum Gasteiger partial charge on any atom is -0.508 e. The van der Waals surface area contributed by atoms with E-state index in [1.54, 1.807) is 23.8 Å². The molecule has 0 saturated carbocycles. The van der Waals surface area contributed by atoms with E-state index in [9.17, 15) is 24.9 Å². The summed E-state index contributed by atoms with van der Waals surface area (Å²) in [6.45, 7) is 2.31. The summed E-state index contributed by atoms with van der Waals surface area (Å²) in [6, 6.07) is 2.79. The minimum absolute atomic E-state index is 0.0251. The SMILES string of the molecule is CCc1c(O)cc(O)c(C(=O)c2ccsc2)c1CC(=O)N(CCO)CCOC. The highest BCUT2D eigenvalue weighted by molar-refractivity contribution is 7.08. The van der Waals surface area contributed by atoms with Crippen molar-refractivity contribution in [2.45, 2.75) is 19.8 Å². The Morgan fingerprint density at radius 1 is 1.18 bits per heavy atom. The number of methoxy groups -OCH3 is 1. The summed E-state index contributed by atoms with van der Waals surface area (Å²) < 4.78 is 5.00. The lowest BCUT2D eigenvalue weighted by atomic mass is 9.90. The molecule has 1 aromatic carbocycles. The van der Waals surface area contributed by atoms with Gasteiger partial charge in [-0.3, -0.25) is 9.59 Å². The summed E-state index contributed by atoms with van der Waals surface area (Å²) in [5, 5.41) is 33.3. The van der Waals surface area contributed by atoms with Crippen LogP contribution in [0.2, 0.25) is 0 Å². The Bertz CT molecular complexity index is 819. The number of aromatic hydroxyl groups is 2. The lowest BCUT2D eigenvalue weighted by Crippen LogP contribution is -2.37. The maximum absolute atomic E-state index is 13.0. The molecule has 0 radical (unpaired) electrons. The number of ketones is 1. The molecule has 0 atom stereocenters. The minimum atomic E-state index is -0.401. The van der Waals surface area contributed by atoms with E-state index in [0.717, 1.165) is 6.07 Å². The number of benzene rings is 1. The molecule has 0 bridgehead atoms. The zero-order valence-corrected chi connectivity index (χ0v) is 16.8. The molecule has 0 saturated heterocycles. The van der Waals surface area contributed by atoms with Crippen LogP contribution < -0.4 is 0 Å². The molecule has 8 heteroatoms. The highest BCUT2D eigenvalue weighted by atomic mass is 32.1. The fraction of sp³-hybridized carbons (Fsp3) is 0.400. The highest BCUT2D eigenvalue weighted by Crippen LogP contribution is 2.35. The van der Waals surface area contributed by atoms with E-state index in [2.05, 4.69) is 0 Å². The molecule has 1 aromatic heterocycles. The second-order valence-corrected chi connectivity index (χ2v) is 7.00. The van der Waals surface area contributed by atoms with Crippen LogP contribution in [0, 0.1) is 0 Å². The van der Waals surface area contributed by atoms with Crippen molar-refractivity contribution in [2.75, 3.05) is 33.4 Å². The molecule has 0 aliphatic carbocycles. The first-order valence-electron chi connectivity index (χ1n) is 8.95. The molecule has 7 nitrogen and oxygen atoms in total. The second kappa shape index (κ2) is 10.2. The molecule has 2 rings (SSSR count). The van der Waals surface area contributed by atoms with Crippen LogP contribution in [0.1, 0.15) is 34.0 Å². The van der Waals surface area contributed by atoms with Gasteiger partial charge < -0.3 is 25.0 Å². The van der Waals surface area contributed by atoms with Gasteiger partial charge >= 0.3 is 0 Å². The van der Waals surface area contributed by atoms with Gasteiger partial charge in [0.25, 0.3) is 0 Å². The van der Waals surface area contributed by atoms with Crippen LogP contribution in [0.15, 0.2) is 22.9 Å². The Hall–Kier alpha value is -2.42. The zero-order chi connectivity index (χ0) is 20.7. The third-order valence-corrected chi connectivity index (χ3v) is 5.17. The number of rotatable bonds is 10. The average molecular weight is 407 g/mol. The van der Waals surface area contributed by atoms with Crippen molar-refractivity contribution in [3.8, 4) is 11.5 Å². The summed E-state index contributed by atoms with van der Waals surface area (Å²) >= 11 is 1.35. The molecule has 1 heterocycles. The van der Waals surface area contributed by atoms with E-state index < -0.39 is 5.78 Å². The van der Waals surface area contributed by atoms with Crippen LogP contribution in [-0.4, -0.2) is 65.3 Å². The van der Waals surface area contributed by atoms with E-state index >= 15 is 0 Å². The summed E-state index contributed by atoms with van der Waals surface area (Å²) in [6.07, 6.45) is 0.205. The summed E-state index contributed by atoms with van der Waals surface area (Å²) in [4.78, 5) is 27.2. The second-order valence-electron chi connectivity index (χ2n) is 6.22. The van der Waals surface area contributed by atoms with E-state index in [1.165, 1.54) is 23.3 Å². The number of nitrogens with zero attached hydrogens (tertiary/aromatic N) is 1. The largest absolute Gasteiger partial charge is 0.508 e. The van der Waals surface area contributed by atoms with Gasteiger partial charge in [-0.1, -0.05) is 6.92 Å². The molecule has 0 spiro atoms. The number of thiophene rings is 1. The Balaban J connectivity index is 2.48. The fourth-order valence-corrected chi connectivity index (χ4v) is 3.71. The van der Waals surface area contributed by atoms with Gasteiger partial charge in [0, 0.05) is 37.2 Å². The van der Waals surface area contributed by atoms with Crippen molar-refractivity contribution < 1.29 is 29.6 Å². The monoisotopic (exact) mass is 407 g/mol. The maximum atomic E-state index is 13.0. The van der Waals surface area contributed by atoms with Crippen LogP contribution in [0.25, 0.3) is 0 Å². The Kier molecular flexibility index (Phi) is 7.98. The van der Waals surface area contributed by atoms with E-state index in [0.29, 0.717) is 29.7 Å². The molecule has 28 heavy (non-hydrogen) atoms. The number of carbonyl (C=O) groups is 2. The van der Waals surface area contributed by atoms with Crippen LogP contribution >= 0.6 is 11.3 Å². The van der Waals surface area contributed by atoms with Crippen molar-refractivity contribution in [3.63, 3.8) is 0 Å². The number of hydrogen-bond acceptors (Lipinski definition) is 7. The predicted molar refractivity (Wildman–Crippen MR) is 106 cm³/mol. The van der Waals surface area contributed by atoms with Gasteiger partial charge in [-0.2, -0.15) is 11.3 Å². The van der Waals surface area contributed by atoms with E-state index in [1.807, 2.05) is 0 Å². The fourth-order valence-electron chi connectivity index (χ4n) is 3.08. The standard InChI is InChI=1S/C20H25NO6S/c1-3-14-15(10-18(25)21(5-7-22)6-8-27-2)19(17(24)11-16(14)23)20(26)13-4-9-28-12-13/h4,9,11-12,22-24H,3,5-8,10H2,1-2H3. The van der Waals surface area contributed by atoms with Gasteiger partial charge in [0.1, 0.15) is 11.5 Å². The first kappa shape index (κ1) is 21.9. The third kappa shape index (κ3) is 4.89. The maximum Gasteiger partial charge on any atom is 0.227 e. The van der Waals surface area contributed by atoms with Gasteiger partial charge in [0.15, 0.2) is 5.78 Å². The third-order valence-electron chi connectivity index (χ3n) is 4.48. The first-order chi connectivity index (χ1) is 13.4. The zero-order valence-electron chi connectivity index (χ0n) is 16.0. The molecule has 0 fully saturated rings. The van der Waals surface area contributed by atoms with Crippen molar-refractivity contribution in [3.05, 3.63) is 45.1 Å². The van der Waals surface area contributed by atoms with E-state index in [-0.39, 0.29) is 49.1 Å². The van der Waals surface area contributed by atoms with Crippen molar-refractivity contribution in [1.82, 2.24) is 4.90 Å². The quantitative estimate of drug-likeness (QED) is 0.520. The molecule has 1 amide bonds. The molecule has 2 aromatic rings. The summed E-state index contributed by atoms with van der Waals surface area (Å²) in [5.41, 5.74) is 1.19. The van der Waals surface area contributed by atoms with Gasteiger partial charge in [0.2, 0.25) is 5.91 Å². The van der Waals surface area contributed by atoms with Gasteiger partial charge in [-0.05, 0) is 29.0 Å². The topological polar surface area (TPSA) is 107 Å². The Morgan fingerprint density at radius 2 is 1.93 bits per heavy atom. The van der Waals surface area contributed by atoms with Gasteiger partial charge in [-0.15, -0.1) is 0 Å². The number of phenolic OH excluding ortho intramolecular Hbond substituents is 2. The Labute approximate surface area is 167 Å². The van der Waals surface area contributed by atoms with Crippen molar-refractivity contribution >= 4 is 23.0 Å². The number of carbonyl (C=O) groups excluding carboxylic acids is 2. The number of phenols is 2. The van der Waals surface area contributed by atoms with Crippen molar-refractivity contribution in [1.29, 1.82) is 0 Å². The summed E-state index contributed by atoms with van der Waals surface area (Å²) in [7, 11) is 1.52. The van der Waals surface area contributed by atoms with E-state index in [4.69, 9.17) is 4.74 Å². The van der Waals surface area contributed by atoms with Gasteiger partial charge in [-0.25, -0.2) is 0 Å². The molecule has 3 N–H and O–H groups in total. The number of ether oxygens (including phenoxy) is 1. The first-order valence-corrected chi connectivity index (χ1v) is 9.89. The number of amides is 1. The highest BCUT2D eigenvalue weighted by Gasteiger charge is 2.26. The molecular weight excluding hydrogens is 382 g/mol. The number of hydrogen-bond donors (Lipinski definition) is 3. The molecular formula is C20H25NO6S. The predicted octanol–water partition coefficient (Wildman–Crippen LogP) is 1.96. The molecule has 0 aliphatic heterocycles. The van der Waals surface area contributed by atoms with Gasteiger partial charge in [0.05, 0.1) is 25.2 Å². The lowest BCUT2D eigenvalue weighted by Gasteiger charge is -2.23. The van der Waals surface area contributed by atoms with Crippen LogP contribution in [0.4, 0.5) is 0 Å². The molecule has 152 valence electrons. The van der Waals surface area contributed by atoms with Crippen LogP contribution in [0.5, 0.6) is 11.5 Å². The number of aliphatic hydroxyl groups is 1. The smallest absolute Gasteiger partial charge is 0.227 e. The number of aliphatic hydroxyl groups excluding tert-OH is 1. The molecule has 0 aliphatic rings. The van der Waals surface area contributed by atoms with Crippen LogP contribution in [0.3, 0.4) is 0 Å². The average Bonchev–Trinajstić information content (AvgIpc) is 3.19. The van der Waals surface area contributed by atoms with Crippen LogP contribution in [-0.2, 0) is 22.4 Å². The molecule has 0 unspecified atom stereocenters. The van der Waals surface area contributed by atoms with Crippen molar-refractivity contribution in [2.24, 2.45) is 0 Å². The lowest BCUT2D eigenvalue weighted by molar-refractivity contribution is -0.131. The summed E-state index contributed by atoms with van der Waals surface area (Å²) in [5.74, 6) is -1.25.